The summed E-state index contributed by atoms with van der Waals surface area (Å²) < 4.78 is 0. The van der Waals surface area contributed by atoms with Crippen molar-refractivity contribution in [1.29, 1.82) is 0 Å². The highest BCUT2D eigenvalue weighted by atomic mass is 32.1. The monoisotopic (exact) mass is 162 g/mol. The van der Waals surface area contributed by atoms with Gasteiger partial charge in [0.2, 0.25) is 0 Å². The maximum atomic E-state index is 4.16. The molecule has 54 valence electrons. The Morgan fingerprint density at radius 1 is 1.36 bits per heavy atom. The molecule has 2 nitrogen and oxygen atoms in total. The Kier molecular flexibility index (Phi) is 1.65. The van der Waals surface area contributed by atoms with Crippen LogP contribution in [-0.2, 0) is 0 Å². The van der Waals surface area contributed by atoms with Gasteiger partial charge in [-0.15, -0.1) is 11.3 Å². The summed E-state index contributed by atoms with van der Waals surface area (Å²) in [6.45, 7) is 0. The molecule has 2 aromatic heterocycles. The first-order chi connectivity index (χ1) is 5.47. The van der Waals surface area contributed by atoms with Gasteiger partial charge in [0.1, 0.15) is 0 Å². The quantitative estimate of drug-likeness (QED) is 0.642. The lowest BCUT2D eigenvalue weighted by Crippen LogP contribution is -1.76. The summed E-state index contributed by atoms with van der Waals surface area (Å²) in [6.07, 6.45) is 3.57. The highest BCUT2D eigenvalue weighted by molar-refractivity contribution is 7.07. The van der Waals surface area contributed by atoms with E-state index in [1.807, 2.05) is 29.2 Å². The lowest BCUT2D eigenvalue weighted by molar-refractivity contribution is 1.31. The Morgan fingerprint density at radius 2 is 2.36 bits per heavy atom. The van der Waals surface area contributed by atoms with Crippen molar-refractivity contribution >= 4 is 11.3 Å². The third-order valence-electron chi connectivity index (χ3n) is 1.39. The van der Waals surface area contributed by atoms with Crippen LogP contribution in [0.4, 0.5) is 0 Å². The minimum absolute atomic E-state index is 1.00. The second kappa shape index (κ2) is 2.80. The van der Waals surface area contributed by atoms with Crippen LogP contribution in [-0.4, -0.2) is 9.97 Å². The van der Waals surface area contributed by atoms with Crippen LogP contribution in [0.3, 0.4) is 0 Å². The van der Waals surface area contributed by atoms with E-state index in [1.54, 1.807) is 17.5 Å². The van der Waals surface area contributed by atoms with Crippen LogP contribution < -0.4 is 0 Å². The van der Waals surface area contributed by atoms with Crippen LogP contribution in [0.25, 0.3) is 11.3 Å². The van der Waals surface area contributed by atoms with Crippen LogP contribution in [0.5, 0.6) is 0 Å². The second-order valence-corrected chi connectivity index (χ2v) is 2.83. The molecule has 0 bridgehead atoms. The molecule has 0 fully saturated rings. The molecule has 0 aliphatic rings. The van der Waals surface area contributed by atoms with Crippen LogP contribution in [0.15, 0.2) is 35.4 Å². The smallest absolute Gasteiger partial charge is 0.0826 e. The molecule has 0 amide bonds. The van der Waals surface area contributed by atoms with E-state index < -0.39 is 0 Å². The molecule has 2 heterocycles. The minimum Gasteiger partial charge on any atom is -0.264 e. The van der Waals surface area contributed by atoms with E-state index in [2.05, 4.69) is 9.97 Å². The summed E-state index contributed by atoms with van der Waals surface area (Å²) in [7, 11) is 0. The normalized spacial score (nSPS) is 9.82. The van der Waals surface area contributed by atoms with Crippen molar-refractivity contribution in [3.63, 3.8) is 0 Å². The largest absolute Gasteiger partial charge is 0.264 e. The lowest BCUT2D eigenvalue weighted by atomic mass is 10.2. The molecule has 0 radical (unpaired) electrons. The SMILES string of the molecule is c1cncc(-c2cscn2)c1. The summed E-state index contributed by atoms with van der Waals surface area (Å²) in [5.74, 6) is 0. The fourth-order valence-electron chi connectivity index (χ4n) is 0.869. The molecule has 0 aliphatic carbocycles. The average Bonchev–Trinajstić information content (AvgIpc) is 2.58. The Hall–Kier alpha value is -1.22. The molecule has 2 rings (SSSR count). The Balaban J connectivity index is 2.46. The third-order valence-corrected chi connectivity index (χ3v) is 1.98. The predicted molar refractivity (Wildman–Crippen MR) is 45.3 cm³/mol. The van der Waals surface area contributed by atoms with Gasteiger partial charge >= 0.3 is 0 Å². The van der Waals surface area contributed by atoms with Gasteiger partial charge in [0.15, 0.2) is 0 Å². The van der Waals surface area contributed by atoms with Crippen LogP contribution in [0, 0.1) is 0 Å². The molecule has 3 heteroatoms. The average molecular weight is 162 g/mol. The van der Waals surface area contributed by atoms with E-state index in [0.29, 0.717) is 0 Å². The molecule has 11 heavy (non-hydrogen) atoms. The van der Waals surface area contributed by atoms with E-state index in [-0.39, 0.29) is 0 Å². The van der Waals surface area contributed by atoms with Crippen molar-refractivity contribution in [1.82, 2.24) is 9.97 Å². The van der Waals surface area contributed by atoms with Gasteiger partial charge in [0.25, 0.3) is 0 Å². The van der Waals surface area contributed by atoms with Gasteiger partial charge in [-0.05, 0) is 12.1 Å². The van der Waals surface area contributed by atoms with Gasteiger partial charge in [-0.25, -0.2) is 4.98 Å². The number of pyridine rings is 1. The van der Waals surface area contributed by atoms with Gasteiger partial charge in [0.05, 0.1) is 11.2 Å². The third kappa shape index (κ3) is 1.28. The zero-order chi connectivity index (χ0) is 7.52. The first kappa shape index (κ1) is 6.49. The molecule has 0 aliphatic heterocycles. The number of nitrogens with zero attached hydrogens (tertiary/aromatic N) is 2. The van der Waals surface area contributed by atoms with Crippen LogP contribution >= 0.6 is 11.3 Å². The summed E-state index contributed by atoms with van der Waals surface area (Å²) in [6, 6.07) is 3.91. The number of hydrogen-bond acceptors (Lipinski definition) is 3. The zero-order valence-corrected chi connectivity index (χ0v) is 6.58. The molecule has 0 spiro atoms. The van der Waals surface area contributed by atoms with E-state index >= 15 is 0 Å². The first-order valence-electron chi connectivity index (χ1n) is 3.25. The van der Waals surface area contributed by atoms with Gasteiger partial charge < -0.3 is 0 Å². The van der Waals surface area contributed by atoms with Crippen molar-refractivity contribution in [3.8, 4) is 11.3 Å². The van der Waals surface area contributed by atoms with Crippen LogP contribution in [0.2, 0.25) is 0 Å². The van der Waals surface area contributed by atoms with Crippen molar-refractivity contribution in [2.75, 3.05) is 0 Å². The van der Waals surface area contributed by atoms with Crippen molar-refractivity contribution in [2.45, 2.75) is 0 Å². The molecule has 0 saturated carbocycles. The highest BCUT2D eigenvalue weighted by Crippen LogP contribution is 2.16. The van der Waals surface area contributed by atoms with E-state index in [4.69, 9.17) is 0 Å². The fraction of sp³-hybridized carbons (Fsp3) is 0. The number of hydrogen-bond donors (Lipinski definition) is 0. The summed E-state index contributed by atoms with van der Waals surface area (Å²) in [5.41, 5.74) is 3.90. The summed E-state index contributed by atoms with van der Waals surface area (Å²) >= 11 is 1.60. The highest BCUT2D eigenvalue weighted by Gasteiger charge is 1.96. The van der Waals surface area contributed by atoms with Gasteiger partial charge in [-0.3, -0.25) is 4.98 Å². The van der Waals surface area contributed by atoms with Gasteiger partial charge in [-0.2, -0.15) is 0 Å². The van der Waals surface area contributed by atoms with Crippen molar-refractivity contribution in [2.24, 2.45) is 0 Å². The van der Waals surface area contributed by atoms with Crippen LogP contribution in [0.1, 0.15) is 0 Å². The molecule has 0 unspecified atom stereocenters. The molecule has 2 aromatic rings. The zero-order valence-electron chi connectivity index (χ0n) is 5.77. The van der Waals surface area contributed by atoms with Crippen molar-refractivity contribution in [3.05, 3.63) is 35.4 Å². The fourth-order valence-corrected chi connectivity index (χ4v) is 1.43. The standard InChI is InChI=1S/C8H6N2S/c1-2-7(4-9-3-1)8-5-11-6-10-8/h1-6H. The Morgan fingerprint density at radius 3 is 3.00 bits per heavy atom. The molecule has 0 N–H and O–H groups in total. The predicted octanol–water partition coefficient (Wildman–Crippen LogP) is 2.21. The summed E-state index contributed by atoms with van der Waals surface area (Å²) in [4.78, 5) is 8.17. The molecular weight excluding hydrogens is 156 g/mol. The van der Waals surface area contributed by atoms with Crippen molar-refractivity contribution < 1.29 is 0 Å². The maximum Gasteiger partial charge on any atom is 0.0826 e. The van der Waals surface area contributed by atoms with Gasteiger partial charge in [0, 0.05) is 23.3 Å². The topological polar surface area (TPSA) is 25.8 Å². The molecule has 0 saturated heterocycles. The molecular formula is C8H6N2S. The maximum absolute atomic E-state index is 4.16. The molecule has 0 aromatic carbocycles. The Bertz CT molecular complexity index is 315. The minimum atomic E-state index is 1.00. The Labute approximate surface area is 68.6 Å². The van der Waals surface area contributed by atoms with E-state index in [1.165, 1.54) is 0 Å². The lowest BCUT2D eigenvalue weighted by Gasteiger charge is -1.91. The van der Waals surface area contributed by atoms with Gasteiger partial charge in [-0.1, -0.05) is 0 Å². The first-order valence-corrected chi connectivity index (χ1v) is 4.20. The van der Waals surface area contributed by atoms with E-state index in [0.717, 1.165) is 11.3 Å². The van der Waals surface area contributed by atoms with E-state index in [9.17, 15) is 0 Å². The number of rotatable bonds is 1. The molecule has 0 atom stereocenters. The number of aromatic nitrogens is 2. The summed E-state index contributed by atoms with van der Waals surface area (Å²) in [5, 5.41) is 2.01. The second-order valence-electron chi connectivity index (χ2n) is 2.12. The number of thiazole rings is 1.